The van der Waals surface area contributed by atoms with Gasteiger partial charge < -0.3 is 21.1 Å². The molecule has 0 atom stereocenters. The maximum Gasteiger partial charge on any atom is 0.307 e. The van der Waals surface area contributed by atoms with Crippen molar-refractivity contribution in [2.75, 3.05) is 24.7 Å². The topological polar surface area (TPSA) is 111 Å². The Hall–Kier alpha value is -3.35. The molecule has 2 amide bonds. The smallest absolute Gasteiger partial charge is 0.307 e. The van der Waals surface area contributed by atoms with E-state index in [4.69, 9.17) is 5.73 Å². The van der Waals surface area contributed by atoms with Gasteiger partial charge >= 0.3 is 5.97 Å². The van der Waals surface area contributed by atoms with E-state index < -0.39 is 0 Å². The Balaban J connectivity index is 1.80. The van der Waals surface area contributed by atoms with Gasteiger partial charge in [0.2, 0.25) is 5.91 Å². The minimum Gasteiger partial charge on any atom is -0.469 e. The lowest BCUT2D eigenvalue weighted by atomic mass is 10.1. The number of nitrogens with two attached hydrogens (primary N) is 1. The van der Waals surface area contributed by atoms with Crippen molar-refractivity contribution in [2.24, 2.45) is 0 Å². The number of nitrogen functional groups attached to an aromatic ring is 1. The zero-order chi connectivity index (χ0) is 19.6. The SMILES string of the molecule is COC(=O)CCNC(=O)c1ccc(NC(=O)CCc2ccccc2N)cc1. The van der Waals surface area contributed by atoms with Crippen LogP contribution in [0.25, 0.3) is 0 Å². The molecule has 7 heteroatoms. The fourth-order valence-corrected chi connectivity index (χ4v) is 2.42. The maximum atomic E-state index is 12.1. The molecular weight excluding hydrogens is 346 g/mol. The van der Waals surface area contributed by atoms with Crippen LogP contribution in [0.5, 0.6) is 0 Å². The predicted octanol–water partition coefficient (Wildman–Crippen LogP) is 2.13. The molecule has 2 aromatic carbocycles. The number of hydrogen-bond donors (Lipinski definition) is 3. The van der Waals surface area contributed by atoms with E-state index in [1.165, 1.54) is 7.11 Å². The van der Waals surface area contributed by atoms with Gasteiger partial charge in [0.15, 0.2) is 0 Å². The van der Waals surface area contributed by atoms with Crippen LogP contribution < -0.4 is 16.4 Å². The number of methoxy groups -OCH3 is 1. The molecule has 0 saturated carbocycles. The van der Waals surface area contributed by atoms with Crippen molar-refractivity contribution in [1.29, 1.82) is 0 Å². The fraction of sp³-hybridized carbons (Fsp3) is 0.250. The van der Waals surface area contributed by atoms with Crippen LogP contribution in [0.15, 0.2) is 48.5 Å². The summed E-state index contributed by atoms with van der Waals surface area (Å²) in [5, 5.41) is 5.42. The monoisotopic (exact) mass is 369 g/mol. The summed E-state index contributed by atoms with van der Waals surface area (Å²) < 4.78 is 4.51. The van der Waals surface area contributed by atoms with Crippen LogP contribution in [0.1, 0.15) is 28.8 Å². The number of anilines is 2. The van der Waals surface area contributed by atoms with Crippen LogP contribution in [-0.4, -0.2) is 31.4 Å². The molecule has 2 aromatic rings. The van der Waals surface area contributed by atoms with Crippen molar-refractivity contribution < 1.29 is 19.1 Å². The first-order valence-electron chi connectivity index (χ1n) is 8.58. The molecule has 2 rings (SSSR count). The first-order valence-corrected chi connectivity index (χ1v) is 8.58. The highest BCUT2D eigenvalue weighted by Gasteiger charge is 2.08. The minimum absolute atomic E-state index is 0.113. The summed E-state index contributed by atoms with van der Waals surface area (Å²) in [6.45, 7) is 0.201. The lowest BCUT2D eigenvalue weighted by Gasteiger charge is -2.08. The summed E-state index contributed by atoms with van der Waals surface area (Å²) in [6, 6.07) is 14.0. The van der Waals surface area contributed by atoms with E-state index in [-0.39, 0.29) is 30.7 Å². The van der Waals surface area contributed by atoms with Crippen molar-refractivity contribution in [3.8, 4) is 0 Å². The van der Waals surface area contributed by atoms with Crippen molar-refractivity contribution in [1.82, 2.24) is 5.32 Å². The highest BCUT2D eigenvalue weighted by molar-refractivity contribution is 5.96. The van der Waals surface area contributed by atoms with E-state index in [1.54, 1.807) is 24.3 Å². The molecule has 0 heterocycles. The van der Waals surface area contributed by atoms with Gasteiger partial charge in [0.1, 0.15) is 0 Å². The van der Waals surface area contributed by atoms with Gasteiger partial charge in [-0.25, -0.2) is 0 Å². The average Bonchev–Trinajstić information content (AvgIpc) is 2.67. The number of amides is 2. The lowest BCUT2D eigenvalue weighted by Crippen LogP contribution is -2.26. The summed E-state index contributed by atoms with van der Waals surface area (Å²) in [5.74, 6) is -0.810. The third-order valence-corrected chi connectivity index (χ3v) is 3.95. The predicted molar refractivity (Wildman–Crippen MR) is 103 cm³/mol. The third-order valence-electron chi connectivity index (χ3n) is 3.95. The van der Waals surface area contributed by atoms with Crippen molar-refractivity contribution in [2.45, 2.75) is 19.3 Å². The Kier molecular flexibility index (Phi) is 7.37. The van der Waals surface area contributed by atoms with Crippen molar-refractivity contribution in [3.63, 3.8) is 0 Å². The second-order valence-electron chi connectivity index (χ2n) is 5.91. The molecule has 0 spiro atoms. The Morgan fingerprint density at radius 1 is 1.00 bits per heavy atom. The highest BCUT2D eigenvalue weighted by Crippen LogP contribution is 2.14. The number of nitrogens with one attached hydrogen (secondary N) is 2. The van der Waals surface area contributed by atoms with Crippen LogP contribution in [0.3, 0.4) is 0 Å². The number of ether oxygens (including phenoxy) is 1. The van der Waals surface area contributed by atoms with Gasteiger partial charge in [0, 0.05) is 29.9 Å². The van der Waals surface area contributed by atoms with Gasteiger partial charge in [-0.05, 0) is 42.3 Å². The van der Waals surface area contributed by atoms with Crippen LogP contribution in [-0.2, 0) is 20.7 Å². The van der Waals surface area contributed by atoms with Crippen LogP contribution in [0.2, 0.25) is 0 Å². The van der Waals surface area contributed by atoms with Crippen molar-refractivity contribution >= 4 is 29.2 Å². The molecule has 4 N–H and O–H groups in total. The Morgan fingerprint density at radius 3 is 2.37 bits per heavy atom. The van der Waals surface area contributed by atoms with E-state index in [0.717, 1.165) is 5.56 Å². The number of para-hydroxylation sites is 1. The number of hydrogen-bond acceptors (Lipinski definition) is 5. The van der Waals surface area contributed by atoms with E-state index in [9.17, 15) is 14.4 Å². The molecule has 0 aliphatic carbocycles. The number of carbonyl (C=O) groups excluding carboxylic acids is 3. The molecule has 0 fully saturated rings. The molecule has 27 heavy (non-hydrogen) atoms. The van der Waals surface area contributed by atoms with Gasteiger partial charge in [-0.1, -0.05) is 18.2 Å². The van der Waals surface area contributed by atoms with Gasteiger partial charge in [0.05, 0.1) is 13.5 Å². The first-order chi connectivity index (χ1) is 13.0. The molecular formula is C20H23N3O4. The molecule has 0 radical (unpaired) electrons. The molecule has 7 nitrogen and oxygen atoms in total. The minimum atomic E-state index is -0.384. The van der Waals surface area contributed by atoms with E-state index in [2.05, 4.69) is 15.4 Å². The normalized spacial score (nSPS) is 10.1. The molecule has 0 aliphatic heterocycles. The van der Waals surface area contributed by atoms with Gasteiger partial charge in [0.25, 0.3) is 5.91 Å². The van der Waals surface area contributed by atoms with E-state index in [0.29, 0.717) is 29.8 Å². The summed E-state index contributed by atoms with van der Waals surface area (Å²) in [6.07, 6.45) is 0.978. The molecule has 0 bridgehead atoms. The quantitative estimate of drug-likeness (QED) is 0.488. The van der Waals surface area contributed by atoms with E-state index >= 15 is 0 Å². The molecule has 0 unspecified atom stereocenters. The lowest BCUT2D eigenvalue weighted by molar-refractivity contribution is -0.140. The van der Waals surface area contributed by atoms with E-state index in [1.807, 2.05) is 24.3 Å². The zero-order valence-corrected chi connectivity index (χ0v) is 15.2. The summed E-state index contributed by atoms with van der Waals surface area (Å²) in [5.41, 5.74) is 8.52. The number of rotatable bonds is 8. The molecule has 0 aliphatic rings. The fourth-order valence-electron chi connectivity index (χ4n) is 2.42. The average molecular weight is 369 g/mol. The second kappa shape index (κ2) is 9.96. The number of esters is 1. The highest BCUT2D eigenvalue weighted by atomic mass is 16.5. The Bertz CT molecular complexity index is 803. The second-order valence-corrected chi connectivity index (χ2v) is 5.91. The molecule has 0 saturated heterocycles. The van der Waals surface area contributed by atoms with Crippen LogP contribution in [0.4, 0.5) is 11.4 Å². The zero-order valence-electron chi connectivity index (χ0n) is 15.2. The summed E-state index contributed by atoms with van der Waals surface area (Å²) in [7, 11) is 1.30. The summed E-state index contributed by atoms with van der Waals surface area (Å²) >= 11 is 0. The molecule has 142 valence electrons. The van der Waals surface area contributed by atoms with Crippen LogP contribution in [0, 0.1) is 0 Å². The number of benzene rings is 2. The Labute approximate surface area is 157 Å². The third kappa shape index (κ3) is 6.47. The maximum absolute atomic E-state index is 12.1. The number of aryl methyl sites for hydroxylation is 1. The van der Waals surface area contributed by atoms with Gasteiger partial charge in [-0.15, -0.1) is 0 Å². The first kappa shape index (κ1) is 20.0. The standard InChI is InChI=1S/C20H23N3O4/c1-27-19(25)12-13-22-20(26)15-6-9-16(10-7-15)23-18(24)11-8-14-4-2-3-5-17(14)21/h2-7,9-10H,8,11-13,21H2,1H3,(H,22,26)(H,23,24). The largest absolute Gasteiger partial charge is 0.469 e. The molecule has 0 aromatic heterocycles. The Morgan fingerprint density at radius 2 is 1.70 bits per heavy atom. The van der Waals surface area contributed by atoms with Crippen LogP contribution >= 0.6 is 0 Å². The number of carbonyl (C=O) groups is 3. The van der Waals surface area contributed by atoms with Crippen molar-refractivity contribution in [3.05, 3.63) is 59.7 Å². The van der Waals surface area contributed by atoms with Gasteiger partial charge in [-0.2, -0.15) is 0 Å². The summed E-state index contributed by atoms with van der Waals surface area (Å²) in [4.78, 5) is 35.1. The van der Waals surface area contributed by atoms with Gasteiger partial charge in [-0.3, -0.25) is 14.4 Å².